The molecule has 0 saturated carbocycles. The summed E-state index contributed by atoms with van der Waals surface area (Å²) in [5, 5.41) is 0.561. The fraction of sp³-hybridized carbons (Fsp3) is 0.222. The van der Waals surface area contributed by atoms with Gasteiger partial charge in [0, 0.05) is 13.0 Å². The molecule has 0 radical (unpaired) electrons. The molecule has 0 fully saturated rings. The number of nitrogens with zero attached hydrogens (tertiary/aromatic N) is 3. The molecule has 5 heteroatoms. The minimum Gasteiger partial charge on any atom is -0.309 e. The summed E-state index contributed by atoms with van der Waals surface area (Å²) in [5.41, 5.74) is 1.18. The van der Waals surface area contributed by atoms with Gasteiger partial charge >= 0.3 is 0 Å². The quantitative estimate of drug-likeness (QED) is 0.743. The van der Waals surface area contributed by atoms with Crippen molar-refractivity contribution in [1.29, 1.82) is 0 Å². The second kappa shape index (κ2) is 6.30. The van der Waals surface area contributed by atoms with Crippen molar-refractivity contribution in [3.63, 3.8) is 0 Å². The van der Waals surface area contributed by atoms with Crippen molar-refractivity contribution < 1.29 is 4.39 Å². The number of para-hydroxylation sites is 1. The first-order chi connectivity index (χ1) is 11.1. The highest BCUT2D eigenvalue weighted by molar-refractivity contribution is 5.77. The zero-order valence-electron chi connectivity index (χ0n) is 13.2. The van der Waals surface area contributed by atoms with Gasteiger partial charge < -0.3 is 4.90 Å². The first kappa shape index (κ1) is 15.4. The lowest BCUT2D eigenvalue weighted by Crippen LogP contribution is -2.26. The van der Waals surface area contributed by atoms with Gasteiger partial charge in [0.15, 0.2) is 0 Å². The number of halogens is 1. The van der Waals surface area contributed by atoms with E-state index in [0.29, 0.717) is 28.8 Å². The standard InChI is InChI=1S/C18H18FN3O/c1-21(2)12-11-17-20-16-6-4-3-5-15(16)18(23)22(17)14-9-7-13(19)8-10-14/h3-10H,11-12H2,1-2H3. The fourth-order valence-electron chi connectivity index (χ4n) is 2.53. The van der Waals surface area contributed by atoms with Crippen LogP contribution in [0.2, 0.25) is 0 Å². The SMILES string of the molecule is CN(C)CCc1nc2ccccc2c(=O)n1-c1ccc(F)cc1. The van der Waals surface area contributed by atoms with Crippen molar-refractivity contribution in [3.8, 4) is 5.69 Å². The van der Waals surface area contributed by atoms with Crippen LogP contribution in [0, 0.1) is 5.82 Å². The largest absolute Gasteiger partial charge is 0.309 e. The molecule has 1 heterocycles. The Balaban J connectivity index is 2.23. The predicted octanol–water partition coefficient (Wildman–Crippen LogP) is 2.63. The van der Waals surface area contributed by atoms with Gasteiger partial charge in [0.2, 0.25) is 0 Å². The van der Waals surface area contributed by atoms with E-state index in [1.54, 1.807) is 22.8 Å². The van der Waals surface area contributed by atoms with E-state index >= 15 is 0 Å². The Morgan fingerprint density at radius 2 is 1.78 bits per heavy atom. The monoisotopic (exact) mass is 311 g/mol. The molecule has 4 nitrogen and oxygen atoms in total. The lowest BCUT2D eigenvalue weighted by molar-refractivity contribution is 0.408. The van der Waals surface area contributed by atoms with E-state index in [-0.39, 0.29) is 11.4 Å². The second-order valence-electron chi connectivity index (χ2n) is 5.72. The van der Waals surface area contributed by atoms with E-state index in [9.17, 15) is 9.18 Å². The Morgan fingerprint density at radius 1 is 1.09 bits per heavy atom. The van der Waals surface area contributed by atoms with Gasteiger partial charge in [0.1, 0.15) is 11.6 Å². The van der Waals surface area contributed by atoms with Gasteiger partial charge in [0.05, 0.1) is 16.6 Å². The van der Waals surface area contributed by atoms with Crippen molar-refractivity contribution in [2.24, 2.45) is 0 Å². The molecule has 0 aliphatic rings. The van der Waals surface area contributed by atoms with Crippen molar-refractivity contribution in [2.45, 2.75) is 6.42 Å². The van der Waals surface area contributed by atoms with Gasteiger partial charge in [0.25, 0.3) is 5.56 Å². The Morgan fingerprint density at radius 3 is 2.48 bits per heavy atom. The van der Waals surface area contributed by atoms with E-state index in [2.05, 4.69) is 4.98 Å². The molecule has 0 unspecified atom stereocenters. The Labute approximate surface area is 133 Å². The Hall–Kier alpha value is -2.53. The van der Waals surface area contributed by atoms with Crippen LogP contribution in [-0.2, 0) is 6.42 Å². The summed E-state index contributed by atoms with van der Waals surface area (Å²) in [6.45, 7) is 0.770. The molecule has 0 saturated heterocycles. The summed E-state index contributed by atoms with van der Waals surface area (Å²) in [6, 6.07) is 13.2. The van der Waals surface area contributed by atoms with Crippen molar-refractivity contribution in [3.05, 3.63) is 70.5 Å². The van der Waals surface area contributed by atoms with E-state index in [1.165, 1.54) is 12.1 Å². The lowest BCUT2D eigenvalue weighted by Gasteiger charge is -2.15. The molecule has 118 valence electrons. The molecule has 2 aromatic carbocycles. The van der Waals surface area contributed by atoms with Gasteiger partial charge in [-0.25, -0.2) is 9.37 Å². The van der Waals surface area contributed by atoms with Crippen LogP contribution < -0.4 is 5.56 Å². The van der Waals surface area contributed by atoms with Gasteiger partial charge in [-0.05, 0) is 50.5 Å². The molecule has 0 aliphatic carbocycles. The summed E-state index contributed by atoms with van der Waals surface area (Å²) in [7, 11) is 3.95. The lowest BCUT2D eigenvalue weighted by atomic mass is 10.2. The molecule has 1 aromatic heterocycles. The number of aromatic nitrogens is 2. The van der Waals surface area contributed by atoms with Gasteiger partial charge in [-0.2, -0.15) is 0 Å². The van der Waals surface area contributed by atoms with Crippen LogP contribution in [0.5, 0.6) is 0 Å². The minimum absolute atomic E-state index is 0.129. The number of rotatable bonds is 4. The van der Waals surface area contributed by atoms with E-state index in [0.717, 1.165) is 6.54 Å². The second-order valence-corrected chi connectivity index (χ2v) is 5.72. The topological polar surface area (TPSA) is 38.1 Å². The molecule has 0 spiro atoms. The van der Waals surface area contributed by atoms with Crippen molar-refractivity contribution in [1.82, 2.24) is 14.5 Å². The number of fused-ring (bicyclic) bond motifs is 1. The molecule has 3 rings (SSSR count). The van der Waals surface area contributed by atoms with Gasteiger partial charge in [-0.3, -0.25) is 9.36 Å². The van der Waals surface area contributed by atoms with E-state index < -0.39 is 0 Å². The first-order valence-corrected chi connectivity index (χ1v) is 7.47. The molecule has 0 aliphatic heterocycles. The molecule has 3 aromatic rings. The van der Waals surface area contributed by atoms with Crippen LogP contribution >= 0.6 is 0 Å². The van der Waals surface area contributed by atoms with Crippen LogP contribution in [-0.4, -0.2) is 35.1 Å². The van der Waals surface area contributed by atoms with E-state index in [1.807, 2.05) is 37.2 Å². The highest BCUT2D eigenvalue weighted by Gasteiger charge is 2.12. The van der Waals surface area contributed by atoms with Crippen LogP contribution in [0.4, 0.5) is 4.39 Å². The summed E-state index contributed by atoms with van der Waals surface area (Å²) in [4.78, 5) is 19.6. The average molecular weight is 311 g/mol. The third-order valence-electron chi connectivity index (χ3n) is 3.71. The van der Waals surface area contributed by atoms with Crippen LogP contribution in [0.25, 0.3) is 16.6 Å². The third-order valence-corrected chi connectivity index (χ3v) is 3.71. The van der Waals surface area contributed by atoms with Crippen LogP contribution in [0.15, 0.2) is 53.3 Å². The highest BCUT2D eigenvalue weighted by atomic mass is 19.1. The van der Waals surface area contributed by atoms with Gasteiger partial charge in [-0.15, -0.1) is 0 Å². The number of hydrogen-bond acceptors (Lipinski definition) is 3. The average Bonchev–Trinajstić information content (AvgIpc) is 2.54. The maximum absolute atomic E-state index is 13.2. The minimum atomic E-state index is -0.328. The van der Waals surface area contributed by atoms with E-state index in [4.69, 9.17) is 0 Å². The smallest absolute Gasteiger partial charge is 0.265 e. The molecular weight excluding hydrogens is 293 g/mol. The molecule has 0 bridgehead atoms. The zero-order chi connectivity index (χ0) is 16.4. The molecule has 0 N–H and O–H groups in total. The molecule has 0 amide bonds. The fourth-order valence-corrected chi connectivity index (χ4v) is 2.53. The zero-order valence-corrected chi connectivity index (χ0v) is 13.2. The summed E-state index contributed by atoms with van der Waals surface area (Å²) in [6.07, 6.45) is 0.629. The maximum atomic E-state index is 13.2. The summed E-state index contributed by atoms with van der Waals surface area (Å²) < 4.78 is 14.8. The van der Waals surface area contributed by atoms with Crippen molar-refractivity contribution in [2.75, 3.05) is 20.6 Å². The van der Waals surface area contributed by atoms with Gasteiger partial charge in [-0.1, -0.05) is 12.1 Å². The first-order valence-electron chi connectivity index (χ1n) is 7.47. The highest BCUT2D eigenvalue weighted by Crippen LogP contribution is 2.14. The number of hydrogen-bond donors (Lipinski definition) is 0. The summed E-state index contributed by atoms with van der Waals surface area (Å²) >= 11 is 0. The van der Waals surface area contributed by atoms with Crippen molar-refractivity contribution >= 4 is 10.9 Å². The molecular formula is C18H18FN3O. The summed E-state index contributed by atoms with van der Waals surface area (Å²) in [5.74, 6) is 0.347. The molecule has 0 atom stereocenters. The maximum Gasteiger partial charge on any atom is 0.265 e. The number of benzene rings is 2. The van der Waals surface area contributed by atoms with Crippen LogP contribution in [0.1, 0.15) is 5.82 Å². The Kier molecular flexibility index (Phi) is 4.21. The normalized spacial score (nSPS) is 11.3. The molecule has 23 heavy (non-hydrogen) atoms. The number of likely N-dealkylation sites (N-methyl/N-ethyl adjacent to an activating group) is 1. The van der Waals surface area contributed by atoms with Crippen LogP contribution in [0.3, 0.4) is 0 Å². The Bertz CT molecular complexity index is 885. The third kappa shape index (κ3) is 3.14. The predicted molar refractivity (Wildman–Crippen MR) is 89.6 cm³/mol.